The average molecular weight is 364 g/mol. The van der Waals surface area contributed by atoms with Gasteiger partial charge in [0.05, 0.1) is 4.92 Å². The molecule has 2 atom stereocenters. The fourth-order valence-corrected chi connectivity index (χ4v) is 4.09. The Kier molecular flexibility index (Phi) is 3.99. The second-order valence-corrected chi connectivity index (χ2v) is 7.80. The molecule has 2 aliphatic carbocycles. The number of nitro groups is 1. The summed E-state index contributed by atoms with van der Waals surface area (Å²) in [6, 6.07) is 3.76. The van der Waals surface area contributed by atoms with Gasteiger partial charge in [-0.1, -0.05) is 32.4 Å². The molecule has 25 heavy (non-hydrogen) atoms. The highest BCUT2D eigenvalue weighted by Crippen LogP contribution is 2.61. The van der Waals surface area contributed by atoms with Gasteiger partial charge in [-0.3, -0.25) is 14.9 Å². The highest BCUT2D eigenvalue weighted by Gasteiger charge is 2.59. The third-order valence-electron chi connectivity index (χ3n) is 5.97. The normalized spacial score (nSPS) is 27.0. The first-order valence-electron chi connectivity index (χ1n) is 8.00. The highest BCUT2D eigenvalue weighted by molar-refractivity contribution is 6.31. The van der Waals surface area contributed by atoms with Crippen LogP contribution in [0.25, 0.3) is 0 Å². The van der Waals surface area contributed by atoms with Gasteiger partial charge in [0.15, 0.2) is 5.78 Å². The number of carbonyl (C=O) groups is 2. The molecular weight excluding hydrogens is 346 g/mol. The predicted octanol–water partition coefficient (Wildman–Crippen LogP) is 4.31. The molecule has 0 radical (unpaired) electrons. The van der Waals surface area contributed by atoms with Gasteiger partial charge in [0, 0.05) is 28.5 Å². The number of halogens is 1. The summed E-state index contributed by atoms with van der Waals surface area (Å²) in [5.41, 5.74) is -1.43. The molecule has 0 heterocycles. The summed E-state index contributed by atoms with van der Waals surface area (Å²) in [5.74, 6) is -0.710. The van der Waals surface area contributed by atoms with E-state index in [9.17, 15) is 19.7 Å². The van der Waals surface area contributed by atoms with Crippen molar-refractivity contribution in [3.05, 3.63) is 50.7 Å². The molecule has 132 valence electrons. The molecule has 0 aliphatic heterocycles. The Hall–Kier alpha value is -2.21. The molecular formula is C18H18ClNO5. The minimum absolute atomic E-state index is 0.0698. The molecule has 2 aliphatic rings. The third-order valence-corrected chi connectivity index (χ3v) is 6.21. The minimum Gasteiger partial charge on any atom is -0.427 e. The van der Waals surface area contributed by atoms with Crippen molar-refractivity contribution in [3.63, 3.8) is 0 Å². The van der Waals surface area contributed by atoms with Crippen LogP contribution in [0, 0.1) is 26.9 Å². The van der Waals surface area contributed by atoms with Crippen molar-refractivity contribution in [3.8, 4) is 0 Å². The predicted molar refractivity (Wildman–Crippen MR) is 91.2 cm³/mol. The number of fused-ring (bicyclic) bond motifs is 2. The Bertz CT molecular complexity index is 829. The van der Waals surface area contributed by atoms with Crippen LogP contribution in [0.4, 0.5) is 5.69 Å². The Labute approximate surface area is 150 Å². The molecule has 7 heteroatoms. The fourth-order valence-electron chi connectivity index (χ4n) is 3.92. The van der Waals surface area contributed by atoms with E-state index in [1.807, 2.05) is 20.8 Å². The molecule has 6 nitrogen and oxygen atoms in total. The monoisotopic (exact) mass is 363 g/mol. The number of rotatable bonds is 3. The van der Waals surface area contributed by atoms with E-state index in [1.165, 1.54) is 18.2 Å². The summed E-state index contributed by atoms with van der Waals surface area (Å²) in [7, 11) is 0. The first-order chi connectivity index (χ1) is 11.6. The molecule has 1 fully saturated rings. The van der Waals surface area contributed by atoms with E-state index in [-0.39, 0.29) is 27.7 Å². The van der Waals surface area contributed by atoms with Gasteiger partial charge in [0.2, 0.25) is 0 Å². The van der Waals surface area contributed by atoms with Crippen LogP contribution in [0.15, 0.2) is 30.0 Å². The molecule has 3 rings (SSSR count). The lowest BCUT2D eigenvalue weighted by atomic mass is 9.60. The lowest BCUT2D eigenvalue weighted by molar-refractivity contribution is -0.385. The van der Waals surface area contributed by atoms with E-state index < -0.39 is 22.0 Å². The van der Waals surface area contributed by atoms with E-state index in [0.29, 0.717) is 5.76 Å². The summed E-state index contributed by atoms with van der Waals surface area (Å²) in [5, 5.41) is 11.3. The van der Waals surface area contributed by atoms with Gasteiger partial charge in [0.1, 0.15) is 11.3 Å². The molecule has 2 unspecified atom stereocenters. The molecule has 1 saturated carbocycles. The zero-order chi connectivity index (χ0) is 18.6. The summed E-state index contributed by atoms with van der Waals surface area (Å²) < 4.78 is 5.44. The second-order valence-electron chi connectivity index (χ2n) is 7.36. The van der Waals surface area contributed by atoms with E-state index in [2.05, 4.69) is 0 Å². The summed E-state index contributed by atoms with van der Waals surface area (Å²) in [6.45, 7) is 5.93. The van der Waals surface area contributed by atoms with Gasteiger partial charge in [0.25, 0.3) is 5.69 Å². The summed E-state index contributed by atoms with van der Waals surface area (Å²) in [4.78, 5) is 35.5. The molecule has 0 N–H and O–H groups in total. The van der Waals surface area contributed by atoms with Crippen LogP contribution in [-0.2, 0) is 9.53 Å². The lowest BCUT2D eigenvalue weighted by Crippen LogP contribution is -2.44. The van der Waals surface area contributed by atoms with Gasteiger partial charge in [-0.2, -0.15) is 0 Å². The SMILES string of the molecule is CC12CCC(C(OC(=O)c3ccc(Cl)cc3[N+](=O)[O-])=CC1=O)C2(C)C. The van der Waals surface area contributed by atoms with Gasteiger partial charge >= 0.3 is 5.97 Å². The van der Waals surface area contributed by atoms with Crippen LogP contribution in [0.2, 0.25) is 5.02 Å². The van der Waals surface area contributed by atoms with Crippen molar-refractivity contribution >= 4 is 29.0 Å². The number of esters is 1. The molecule has 2 bridgehead atoms. The number of hydrogen-bond acceptors (Lipinski definition) is 5. The van der Waals surface area contributed by atoms with E-state index in [1.54, 1.807) is 0 Å². The van der Waals surface area contributed by atoms with Crippen LogP contribution in [0.5, 0.6) is 0 Å². The van der Waals surface area contributed by atoms with E-state index in [4.69, 9.17) is 16.3 Å². The lowest BCUT2D eigenvalue weighted by Gasteiger charge is -2.43. The highest BCUT2D eigenvalue weighted by atomic mass is 35.5. The molecule has 0 amide bonds. The number of hydrogen-bond donors (Lipinski definition) is 0. The molecule has 0 aromatic heterocycles. The Morgan fingerprint density at radius 1 is 1.36 bits per heavy atom. The average Bonchev–Trinajstić information content (AvgIpc) is 2.67. The molecule has 0 saturated heterocycles. The fraction of sp³-hybridized carbons (Fsp3) is 0.444. The van der Waals surface area contributed by atoms with Crippen molar-refractivity contribution in [2.75, 3.05) is 0 Å². The first-order valence-corrected chi connectivity index (χ1v) is 8.38. The van der Waals surface area contributed by atoms with Crippen molar-refractivity contribution in [2.24, 2.45) is 16.7 Å². The zero-order valence-electron chi connectivity index (χ0n) is 14.2. The molecule has 1 aromatic carbocycles. The topological polar surface area (TPSA) is 86.5 Å². The quantitative estimate of drug-likeness (QED) is 0.453. The van der Waals surface area contributed by atoms with Crippen molar-refractivity contribution in [1.82, 2.24) is 0 Å². The van der Waals surface area contributed by atoms with Gasteiger partial charge in [-0.05, 0) is 30.4 Å². The van der Waals surface area contributed by atoms with Gasteiger partial charge in [-0.25, -0.2) is 4.79 Å². The number of nitrogens with zero attached hydrogens (tertiary/aromatic N) is 1. The van der Waals surface area contributed by atoms with Crippen LogP contribution in [0.3, 0.4) is 0 Å². The maximum absolute atomic E-state index is 12.5. The van der Waals surface area contributed by atoms with Gasteiger partial charge in [-0.15, -0.1) is 0 Å². The molecule has 1 aromatic rings. The van der Waals surface area contributed by atoms with Crippen molar-refractivity contribution < 1.29 is 19.2 Å². The minimum atomic E-state index is -0.853. The number of nitro benzene ring substituents is 1. The Morgan fingerprint density at radius 3 is 2.68 bits per heavy atom. The Balaban J connectivity index is 1.94. The number of ether oxygens (including phenoxy) is 1. The van der Waals surface area contributed by atoms with Gasteiger partial charge < -0.3 is 4.74 Å². The molecule has 0 spiro atoms. The zero-order valence-corrected chi connectivity index (χ0v) is 14.9. The number of ketones is 1. The number of benzene rings is 1. The maximum Gasteiger partial charge on any atom is 0.350 e. The van der Waals surface area contributed by atoms with Crippen molar-refractivity contribution in [1.29, 1.82) is 0 Å². The van der Waals surface area contributed by atoms with Crippen LogP contribution >= 0.6 is 11.6 Å². The maximum atomic E-state index is 12.5. The van der Waals surface area contributed by atoms with Crippen LogP contribution in [-0.4, -0.2) is 16.7 Å². The third kappa shape index (κ3) is 2.56. The Morgan fingerprint density at radius 2 is 2.04 bits per heavy atom. The van der Waals surface area contributed by atoms with Crippen LogP contribution < -0.4 is 0 Å². The van der Waals surface area contributed by atoms with Crippen molar-refractivity contribution in [2.45, 2.75) is 33.6 Å². The second kappa shape index (κ2) is 5.66. The first kappa shape index (κ1) is 17.6. The van der Waals surface area contributed by atoms with E-state index in [0.717, 1.165) is 18.9 Å². The largest absolute Gasteiger partial charge is 0.427 e. The standard InChI is InChI=1S/C18H18ClNO5/c1-17(2)12-6-7-18(17,3)15(21)9-14(12)25-16(22)11-5-4-10(19)8-13(11)20(23)24/h4-5,8-9,12H,6-7H2,1-3H3. The number of allylic oxidation sites excluding steroid dienone is 2. The number of carbonyl (C=O) groups excluding carboxylic acids is 2. The van der Waals surface area contributed by atoms with E-state index >= 15 is 0 Å². The summed E-state index contributed by atoms with van der Waals surface area (Å²) >= 11 is 5.77. The summed E-state index contributed by atoms with van der Waals surface area (Å²) in [6.07, 6.45) is 2.84. The van der Waals surface area contributed by atoms with Crippen LogP contribution in [0.1, 0.15) is 44.0 Å². The smallest absolute Gasteiger partial charge is 0.350 e.